The highest BCUT2D eigenvalue weighted by Gasteiger charge is 2.36. The van der Waals surface area contributed by atoms with Gasteiger partial charge in [0.1, 0.15) is 0 Å². The Morgan fingerprint density at radius 2 is 0.564 bits per heavy atom. The quantitative estimate of drug-likeness (QED) is 0.152. The summed E-state index contributed by atoms with van der Waals surface area (Å²) in [4.78, 5) is 9.16. The molecule has 0 saturated carbocycles. The van der Waals surface area contributed by atoms with E-state index in [2.05, 4.69) is 465 Å². The molecule has 7 aromatic heterocycles. The average molecular weight is 1750 g/mol. The molecular formula is C125H85N5S3. The number of nitrogens with zero attached hydrogens (tertiary/aromatic N) is 5. The number of benzene rings is 20. The lowest BCUT2D eigenvalue weighted by atomic mass is 9.81. The molecule has 0 unspecified atom stereocenters. The standard InChI is InChI=1S/C49H33NS.C38H23N3S.C38H29NS/c1-49(2)41-20-12-11-17-35(41)36-24-21-33(29-42(36)49)32-22-25-43-39(27-32)45-46-40-28-31(30-13-5-3-6-14-30)23-26-44(40)51-48(46)38-19-10-9-18-37(38)47(45)50(43)34-15-7-4-8-16-34;1-3-10-24(11-4-1)25-17-19-33-31(22-25)35-34-30-23-26(38-39-20-9-21-40-38)16-18-32(30)41(27-12-5-2-6-13-27)36(34)28-14-7-8-15-29(28)37(35)42-33;1-38(2,3)26-19-20-30-32(23-26)39(27-14-8-5-9-15-27)36-28-16-10-11-17-29(28)37-35(34(30)36)31-22-25(18-21-33(31)40-37)24-12-6-4-7-13-24/h3-29H,1-2H3;1-23H;4-23H,1-3H3. The van der Waals surface area contributed by atoms with Crippen LogP contribution in [-0.2, 0) is 10.8 Å². The molecule has 20 aromatic carbocycles. The minimum atomic E-state index is -0.0491. The van der Waals surface area contributed by atoms with Crippen molar-refractivity contribution in [1.82, 2.24) is 23.7 Å². The van der Waals surface area contributed by atoms with Crippen molar-refractivity contribution < 1.29 is 0 Å². The SMILES string of the molecule is CC(C)(C)c1ccc2c3c4c5cc(-c6ccccc6)ccc5sc4c4ccccc4c3n(-c3ccccc3)c2c1.CC1(C)c2ccccc2-c2ccc(-c3ccc4c(c3)c3c5c6cc(-c7ccccc7)ccc6sc5c5ccccc5c3n4-c3ccccc3)cc21.c1ccc(-c2ccc3sc4c5ccccc5c5c(c6cc(-c7ncccn7)ccc6n5-c5ccccc5)c4c3c2)cc1. The zero-order valence-electron chi connectivity index (χ0n) is 73.9. The topological polar surface area (TPSA) is 40.6 Å². The molecule has 0 fully saturated rings. The zero-order chi connectivity index (χ0) is 88.5. The molecule has 5 nitrogen and oxygen atoms in total. The van der Waals surface area contributed by atoms with E-state index < -0.39 is 0 Å². The van der Waals surface area contributed by atoms with Crippen molar-refractivity contribution in [3.63, 3.8) is 0 Å². The van der Waals surface area contributed by atoms with E-state index in [0.29, 0.717) is 0 Å². The van der Waals surface area contributed by atoms with Gasteiger partial charge in [0.2, 0.25) is 0 Å². The van der Waals surface area contributed by atoms with Crippen LogP contribution in [0.5, 0.6) is 0 Å². The first kappa shape index (κ1) is 78.4. The first-order valence-corrected chi connectivity index (χ1v) is 48.3. The van der Waals surface area contributed by atoms with Crippen molar-refractivity contribution in [2.75, 3.05) is 0 Å². The van der Waals surface area contributed by atoms with Crippen LogP contribution in [0.3, 0.4) is 0 Å². The number of rotatable bonds is 8. The zero-order valence-corrected chi connectivity index (χ0v) is 76.3. The first-order chi connectivity index (χ1) is 65.4. The average Bonchev–Trinajstić information content (AvgIpc) is 1.54. The Morgan fingerprint density at radius 1 is 0.233 bits per heavy atom. The van der Waals surface area contributed by atoms with Gasteiger partial charge in [0.15, 0.2) is 5.82 Å². The molecule has 27 aromatic rings. The lowest BCUT2D eigenvalue weighted by Gasteiger charge is -2.22. The van der Waals surface area contributed by atoms with Gasteiger partial charge in [-0.05, 0) is 199 Å². The van der Waals surface area contributed by atoms with Crippen LogP contribution in [0, 0.1) is 0 Å². The molecule has 0 saturated heterocycles. The monoisotopic (exact) mass is 1750 g/mol. The fourth-order valence-corrected chi connectivity index (χ4v) is 25.4. The van der Waals surface area contributed by atoms with E-state index in [9.17, 15) is 0 Å². The van der Waals surface area contributed by atoms with E-state index in [4.69, 9.17) is 0 Å². The summed E-state index contributed by atoms with van der Waals surface area (Å²) in [6.45, 7) is 11.6. The second kappa shape index (κ2) is 30.7. The predicted molar refractivity (Wildman–Crippen MR) is 573 cm³/mol. The fraction of sp³-hybridized carbons (Fsp3) is 0.0560. The molecule has 0 spiro atoms. The van der Waals surface area contributed by atoms with Crippen LogP contribution in [-0.4, -0.2) is 23.7 Å². The third-order valence-electron chi connectivity index (χ3n) is 28.0. The summed E-state index contributed by atoms with van der Waals surface area (Å²) in [6.07, 6.45) is 3.62. The van der Waals surface area contributed by atoms with Crippen molar-refractivity contribution in [2.24, 2.45) is 0 Å². The number of hydrogen-bond donors (Lipinski definition) is 0. The molecule has 0 radical (unpaired) electrons. The Bertz CT molecular complexity index is 9420. The van der Waals surface area contributed by atoms with Crippen LogP contribution in [0.2, 0.25) is 0 Å². The van der Waals surface area contributed by atoms with Crippen molar-refractivity contribution >= 4 is 192 Å². The van der Waals surface area contributed by atoms with Gasteiger partial charge in [-0.15, -0.1) is 34.0 Å². The molecule has 7 heterocycles. The van der Waals surface area contributed by atoms with Crippen LogP contribution in [0.25, 0.3) is 242 Å². The third kappa shape index (κ3) is 12.5. The van der Waals surface area contributed by atoms with Gasteiger partial charge in [0, 0.05) is 166 Å². The second-order valence-corrected chi connectivity index (χ2v) is 40.1. The summed E-state index contributed by atoms with van der Waals surface area (Å²) in [5.41, 5.74) is 28.9. The maximum atomic E-state index is 4.58. The minimum Gasteiger partial charge on any atom is -0.309 e. The van der Waals surface area contributed by atoms with E-state index in [1.54, 1.807) is 0 Å². The first-order valence-electron chi connectivity index (χ1n) is 45.8. The Kier molecular flexibility index (Phi) is 18.1. The summed E-state index contributed by atoms with van der Waals surface area (Å²) >= 11 is 5.73. The maximum Gasteiger partial charge on any atom is 0.159 e. The van der Waals surface area contributed by atoms with Gasteiger partial charge in [0.05, 0.1) is 33.1 Å². The predicted octanol–water partition coefficient (Wildman–Crippen LogP) is 35.6. The Hall–Kier alpha value is -15.7. The molecule has 0 bridgehead atoms. The Balaban J connectivity index is 0.000000105. The molecule has 0 N–H and O–H groups in total. The van der Waals surface area contributed by atoms with Crippen LogP contribution in [0.1, 0.15) is 51.3 Å². The summed E-state index contributed by atoms with van der Waals surface area (Å²) < 4.78 is 15.4. The molecule has 8 heteroatoms. The van der Waals surface area contributed by atoms with Gasteiger partial charge in [0.25, 0.3) is 0 Å². The second-order valence-electron chi connectivity index (χ2n) is 36.9. The number of thiophene rings is 3. The molecule has 28 rings (SSSR count). The van der Waals surface area contributed by atoms with Gasteiger partial charge in [-0.1, -0.05) is 326 Å². The number of hydrogen-bond acceptors (Lipinski definition) is 5. The van der Waals surface area contributed by atoms with Gasteiger partial charge in [-0.25, -0.2) is 9.97 Å². The molecular weight excluding hydrogens is 1670 g/mol. The van der Waals surface area contributed by atoms with Crippen molar-refractivity contribution in [3.05, 3.63) is 442 Å². The minimum absolute atomic E-state index is 0.0491. The number of para-hydroxylation sites is 3. The Labute approximate surface area is 780 Å². The highest BCUT2D eigenvalue weighted by atomic mass is 32.1. The smallest absolute Gasteiger partial charge is 0.159 e. The van der Waals surface area contributed by atoms with E-state index in [1.807, 2.05) is 52.5 Å². The van der Waals surface area contributed by atoms with E-state index in [0.717, 1.165) is 17.1 Å². The third-order valence-corrected chi connectivity index (χ3v) is 31.6. The van der Waals surface area contributed by atoms with Crippen molar-refractivity contribution in [2.45, 2.75) is 45.4 Å². The Morgan fingerprint density at radius 3 is 1.00 bits per heavy atom. The van der Waals surface area contributed by atoms with E-state index in [-0.39, 0.29) is 10.8 Å². The van der Waals surface area contributed by atoms with E-state index >= 15 is 0 Å². The molecule has 0 atom stereocenters. The summed E-state index contributed by atoms with van der Waals surface area (Å²) in [6, 6.07) is 151. The maximum absolute atomic E-state index is 4.58. The van der Waals surface area contributed by atoms with Gasteiger partial charge in [-0.2, -0.15) is 0 Å². The summed E-state index contributed by atoms with van der Waals surface area (Å²) in [5, 5.41) is 23.5. The number of fused-ring (bicyclic) bond motifs is 33. The largest absolute Gasteiger partial charge is 0.309 e. The van der Waals surface area contributed by atoms with Crippen LogP contribution in [0.15, 0.2) is 425 Å². The molecule has 0 aliphatic heterocycles. The van der Waals surface area contributed by atoms with Crippen molar-refractivity contribution in [3.8, 4) is 84.1 Å². The summed E-state index contributed by atoms with van der Waals surface area (Å²) in [5.74, 6) is 0.735. The lowest BCUT2D eigenvalue weighted by molar-refractivity contribution is 0.591. The van der Waals surface area contributed by atoms with Crippen molar-refractivity contribution in [1.29, 1.82) is 0 Å². The highest BCUT2D eigenvalue weighted by Crippen LogP contribution is 2.56. The van der Waals surface area contributed by atoms with E-state index in [1.165, 1.54) is 242 Å². The fourth-order valence-electron chi connectivity index (χ4n) is 21.7. The lowest BCUT2D eigenvalue weighted by Crippen LogP contribution is -2.14. The van der Waals surface area contributed by atoms with Crippen LogP contribution in [0.4, 0.5) is 0 Å². The summed E-state index contributed by atoms with van der Waals surface area (Å²) in [7, 11) is 0. The van der Waals surface area contributed by atoms with Gasteiger partial charge >= 0.3 is 0 Å². The van der Waals surface area contributed by atoms with Crippen LogP contribution >= 0.6 is 34.0 Å². The molecule has 628 valence electrons. The highest BCUT2D eigenvalue weighted by molar-refractivity contribution is 7.28. The normalized spacial score (nSPS) is 12.6. The molecule has 1 aliphatic carbocycles. The van der Waals surface area contributed by atoms with Gasteiger partial charge in [-0.3, -0.25) is 0 Å². The number of aromatic nitrogens is 5. The molecule has 1 aliphatic rings. The molecule has 0 amide bonds. The molecule has 133 heavy (non-hydrogen) atoms. The van der Waals surface area contributed by atoms with Crippen LogP contribution < -0.4 is 0 Å². The van der Waals surface area contributed by atoms with Gasteiger partial charge < -0.3 is 13.7 Å².